The van der Waals surface area contributed by atoms with Crippen molar-refractivity contribution in [3.8, 4) is 0 Å². The van der Waals surface area contributed by atoms with E-state index in [1.54, 1.807) is 30.3 Å². The quantitative estimate of drug-likeness (QED) is 0.753. The summed E-state index contributed by atoms with van der Waals surface area (Å²) in [5, 5.41) is 3.91. The highest BCUT2D eigenvalue weighted by Gasteiger charge is 2.13. The molecule has 1 aromatic heterocycles. The number of sulfonamides is 1. The van der Waals surface area contributed by atoms with Crippen LogP contribution in [0.15, 0.2) is 39.8 Å². The van der Waals surface area contributed by atoms with Gasteiger partial charge in [0.2, 0.25) is 15.9 Å². The number of benzene rings is 1. The first-order valence-electron chi connectivity index (χ1n) is 7.33. The molecule has 22 heavy (non-hydrogen) atoms. The highest BCUT2D eigenvalue weighted by molar-refractivity contribution is 7.89. The molecule has 0 saturated carbocycles. The molecule has 2 rings (SSSR count). The number of hydrogen-bond donors (Lipinski definition) is 1. The van der Waals surface area contributed by atoms with Crippen LogP contribution in [0.25, 0.3) is 0 Å². The van der Waals surface area contributed by atoms with Gasteiger partial charge < -0.3 is 4.52 Å². The van der Waals surface area contributed by atoms with Crippen molar-refractivity contribution in [3.05, 3.63) is 42.0 Å². The number of hydrogen-bond acceptors (Lipinski definition) is 5. The molecular formula is C15H21N3O3S. The smallest absolute Gasteiger partial charge is 0.240 e. The van der Waals surface area contributed by atoms with Crippen molar-refractivity contribution < 1.29 is 12.9 Å². The minimum Gasteiger partial charge on any atom is -0.339 e. The number of rotatable bonds is 8. The molecule has 120 valence electrons. The first-order valence-corrected chi connectivity index (χ1v) is 8.82. The van der Waals surface area contributed by atoms with Gasteiger partial charge >= 0.3 is 0 Å². The van der Waals surface area contributed by atoms with Gasteiger partial charge in [0.15, 0.2) is 5.82 Å². The summed E-state index contributed by atoms with van der Waals surface area (Å²) in [5.41, 5.74) is 0. The lowest BCUT2D eigenvalue weighted by atomic mass is 10.1. The third kappa shape index (κ3) is 4.92. The summed E-state index contributed by atoms with van der Waals surface area (Å²) in [6.45, 7) is 4.52. The van der Waals surface area contributed by atoms with Crippen LogP contribution in [0.1, 0.15) is 32.0 Å². The van der Waals surface area contributed by atoms with Gasteiger partial charge in [-0.1, -0.05) is 37.2 Å². The van der Waals surface area contributed by atoms with Gasteiger partial charge in [0, 0.05) is 19.4 Å². The number of nitrogens with one attached hydrogen (secondary N) is 1. The van der Waals surface area contributed by atoms with Crippen LogP contribution in [0.4, 0.5) is 0 Å². The Morgan fingerprint density at radius 1 is 1.23 bits per heavy atom. The van der Waals surface area contributed by atoms with Crippen LogP contribution in [0.2, 0.25) is 0 Å². The van der Waals surface area contributed by atoms with E-state index in [0.717, 1.165) is 6.42 Å². The summed E-state index contributed by atoms with van der Waals surface area (Å²) in [4.78, 5) is 4.56. The minimum absolute atomic E-state index is 0.270. The third-order valence-electron chi connectivity index (χ3n) is 3.01. The fourth-order valence-electron chi connectivity index (χ4n) is 1.97. The normalized spacial score (nSPS) is 12.0. The lowest BCUT2D eigenvalue weighted by molar-refractivity contribution is 0.368. The molecule has 1 N–H and O–H groups in total. The van der Waals surface area contributed by atoms with Crippen LogP contribution >= 0.6 is 0 Å². The molecule has 0 fully saturated rings. The monoisotopic (exact) mass is 323 g/mol. The van der Waals surface area contributed by atoms with Gasteiger partial charge in [0.1, 0.15) is 0 Å². The van der Waals surface area contributed by atoms with Gasteiger partial charge in [-0.2, -0.15) is 4.98 Å². The standard InChI is InChI=1S/C15H21N3O3S/c1-12(2)11-14-17-15(21-18-14)9-6-10-16-22(19,20)13-7-4-3-5-8-13/h3-5,7-8,12,16H,6,9-11H2,1-2H3. The van der Waals surface area contributed by atoms with E-state index in [9.17, 15) is 8.42 Å². The van der Waals surface area contributed by atoms with Crippen LogP contribution < -0.4 is 4.72 Å². The fourth-order valence-corrected chi connectivity index (χ4v) is 3.06. The molecule has 0 spiro atoms. The zero-order valence-electron chi connectivity index (χ0n) is 12.8. The Hall–Kier alpha value is -1.73. The molecule has 7 heteroatoms. The molecule has 1 aromatic carbocycles. The summed E-state index contributed by atoms with van der Waals surface area (Å²) in [5.74, 6) is 1.73. The molecule has 1 heterocycles. The number of nitrogens with zero attached hydrogens (tertiary/aromatic N) is 2. The second-order valence-corrected chi connectivity index (χ2v) is 7.28. The van der Waals surface area contributed by atoms with E-state index in [-0.39, 0.29) is 4.90 Å². The van der Waals surface area contributed by atoms with E-state index in [1.165, 1.54) is 0 Å². The van der Waals surface area contributed by atoms with E-state index in [2.05, 4.69) is 28.7 Å². The summed E-state index contributed by atoms with van der Waals surface area (Å²) in [6, 6.07) is 8.31. The Kier molecular flexibility index (Phi) is 5.68. The largest absolute Gasteiger partial charge is 0.339 e. The van der Waals surface area contributed by atoms with Crippen LogP contribution in [0, 0.1) is 5.92 Å². The topological polar surface area (TPSA) is 85.1 Å². The number of aryl methyl sites for hydroxylation is 1. The maximum absolute atomic E-state index is 12.0. The van der Waals surface area contributed by atoms with Crippen LogP contribution in [0.3, 0.4) is 0 Å². The van der Waals surface area contributed by atoms with Crippen molar-refractivity contribution in [1.82, 2.24) is 14.9 Å². The molecule has 2 aromatic rings. The van der Waals surface area contributed by atoms with Crippen molar-refractivity contribution in [1.29, 1.82) is 0 Å². The Morgan fingerprint density at radius 3 is 2.64 bits per heavy atom. The van der Waals surface area contributed by atoms with Crippen LogP contribution in [0.5, 0.6) is 0 Å². The zero-order valence-corrected chi connectivity index (χ0v) is 13.6. The highest BCUT2D eigenvalue weighted by atomic mass is 32.2. The maximum Gasteiger partial charge on any atom is 0.240 e. The van der Waals surface area contributed by atoms with E-state index in [0.29, 0.717) is 37.0 Å². The summed E-state index contributed by atoms with van der Waals surface area (Å²) in [7, 11) is -3.44. The Bertz CT molecular complexity index is 681. The van der Waals surface area contributed by atoms with Crippen LogP contribution in [-0.4, -0.2) is 25.1 Å². The maximum atomic E-state index is 12.0. The Balaban J connectivity index is 1.78. The molecule has 0 aliphatic heterocycles. The first kappa shape index (κ1) is 16.6. The van der Waals surface area contributed by atoms with Gasteiger partial charge in [0.25, 0.3) is 0 Å². The van der Waals surface area contributed by atoms with Crippen molar-refractivity contribution in [2.45, 2.75) is 38.0 Å². The molecule has 0 atom stereocenters. The highest BCUT2D eigenvalue weighted by Crippen LogP contribution is 2.08. The van der Waals surface area contributed by atoms with E-state index >= 15 is 0 Å². The van der Waals surface area contributed by atoms with E-state index in [1.807, 2.05) is 0 Å². The molecule has 0 radical (unpaired) electrons. The molecule has 6 nitrogen and oxygen atoms in total. The summed E-state index contributed by atoms with van der Waals surface area (Å²) < 4.78 is 31.7. The molecule has 0 amide bonds. The van der Waals surface area contributed by atoms with Crippen LogP contribution in [-0.2, 0) is 22.9 Å². The molecule has 0 unspecified atom stereocenters. The second kappa shape index (κ2) is 7.51. The number of aromatic nitrogens is 2. The first-order chi connectivity index (χ1) is 10.5. The Labute approximate surface area is 131 Å². The van der Waals surface area contributed by atoms with E-state index < -0.39 is 10.0 Å². The second-order valence-electron chi connectivity index (χ2n) is 5.52. The third-order valence-corrected chi connectivity index (χ3v) is 4.49. The van der Waals surface area contributed by atoms with Crippen molar-refractivity contribution in [2.75, 3.05) is 6.54 Å². The van der Waals surface area contributed by atoms with Gasteiger partial charge in [0.05, 0.1) is 4.90 Å². The average molecular weight is 323 g/mol. The van der Waals surface area contributed by atoms with Gasteiger partial charge in [-0.05, 0) is 24.5 Å². The minimum atomic E-state index is -3.44. The van der Waals surface area contributed by atoms with Crippen molar-refractivity contribution >= 4 is 10.0 Å². The lowest BCUT2D eigenvalue weighted by Crippen LogP contribution is -2.25. The van der Waals surface area contributed by atoms with Crippen molar-refractivity contribution in [3.63, 3.8) is 0 Å². The van der Waals surface area contributed by atoms with Gasteiger partial charge in [-0.25, -0.2) is 13.1 Å². The lowest BCUT2D eigenvalue weighted by Gasteiger charge is -2.05. The Morgan fingerprint density at radius 2 is 1.95 bits per heavy atom. The predicted octanol–water partition coefficient (Wildman–Crippen LogP) is 2.18. The van der Waals surface area contributed by atoms with E-state index in [4.69, 9.17) is 4.52 Å². The summed E-state index contributed by atoms with van der Waals surface area (Å²) >= 11 is 0. The average Bonchev–Trinajstić information content (AvgIpc) is 2.91. The van der Waals surface area contributed by atoms with Gasteiger partial charge in [-0.15, -0.1) is 0 Å². The van der Waals surface area contributed by atoms with Gasteiger partial charge in [-0.3, -0.25) is 0 Å². The van der Waals surface area contributed by atoms with Crippen molar-refractivity contribution in [2.24, 2.45) is 5.92 Å². The zero-order chi connectivity index (χ0) is 16.0. The molecule has 0 aliphatic carbocycles. The SMILES string of the molecule is CC(C)Cc1noc(CCCNS(=O)(=O)c2ccccc2)n1. The predicted molar refractivity (Wildman–Crippen MR) is 82.8 cm³/mol. The summed E-state index contributed by atoms with van der Waals surface area (Å²) in [6.07, 6.45) is 1.95. The molecule has 0 bridgehead atoms. The molecule has 0 aliphatic rings. The fraction of sp³-hybridized carbons (Fsp3) is 0.467. The molecule has 0 saturated heterocycles. The molecular weight excluding hydrogens is 302 g/mol.